The van der Waals surface area contributed by atoms with Crippen LogP contribution in [0.1, 0.15) is 119 Å². The van der Waals surface area contributed by atoms with E-state index in [1.54, 1.807) is 7.11 Å². The van der Waals surface area contributed by atoms with Crippen LogP contribution in [0.2, 0.25) is 0 Å². The smallest absolute Gasteiger partial charge is 0.330 e. The van der Waals surface area contributed by atoms with Crippen molar-refractivity contribution in [3.05, 3.63) is 103 Å². The lowest BCUT2D eigenvalue weighted by molar-refractivity contribution is -0.137. The van der Waals surface area contributed by atoms with Crippen LogP contribution in [0, 0.1) is 11.3 Å². The van der Waals surface area contributed by atoms with Crippen molar-refractivity contribution in [2.45, 2.75) is 103 Å². The van der Waals surface area contributed by atoms with Crippen LogP contribution in [-0.2, 0) is 9.53 Å². The highest BCUT2D eigenvalue weighted by Gasteiger charge is 2.22. The summed E-state index contributed by atoms with van der Waals surface area (Å²) in [4.78, 5) is 14.9. The lowest BCUT2D eigenvalue weighted by atomic mass is 9.77. The first-order valence-corrected chi connectivity index (χ1v) is 20.2. The van der Waals surface area contributed by atoms with E-state index in [0.29, 0.717) is 24.3 Å². The number of aromatic nitrogens is 1. The molecule has 8 heteroatoms. The van der Waals surface area contributed by atoms with E-state index in [1.807, 2.05) is 60.7 Å². The minimum Gasteiger partial charge on any atom is -0.496 e. The molecule has 0 amide bonds. The van der Waals surface area contributed by atoms with Gasteiger partial charge in [-0.3, -0.25) is 0 Å². The summed E-state index contributed by atoms with van der Waals surface area (Å²) in [6.07, 6.45) is 22.4. The molecule has 0 bridgehead atoms. The van der Waals surface area contributed by atoms with Gasteiger partial charge in [0.15, 0.2) is 5.13 Å². The molecule has 0 radical (unpaired) electrons. The lowest BCUT2D eigenvalue weighted by Crippen LogP contribution is -2.13. The van der Waals surface area contributed by atoms with Gasteiger partial charge in [-0.15, -0.1) is 0 Å². The monoisotopic (exact) mass is 739 g/mol. The third-order valence-electron chi connectivity index (χ3n) is 9.57. The number of hydrogen-bond acceptors (Lipinski definition) is 8. The summed E-state index contributed by atoms with van der Waals surface area (Å²) in [6.45, 7) is 10.5. The van der Waals surface area contributed by atoms with Crippen molar-refractivity contribution in [1.82, 2.24) is 4.98 Å². The van der Waals surface area contributed by atoms with Crippen LogP contribution < -0.4 is 15.2 Å². The number of fused-ring (bicyclic) bond motifs is 1. The van der Waals surface area contributed by atoms with Crippen molar-refractivity contribution in [2.75, 3.05) is 26.1 Å². The van der Waals surface area contributed by atoms with Crippen LogP contribution in [0.4, 0.5) is 5.13 Å². The molecule has 1 heterocycles. The number of rotatable bonds is 15. The third kappa shape index (κ3) is 16.4. The Labute approximate surface area is 322 Å². The fourth-order valence-electron chi connectivity index (χ4n) is 6.13. The summed E-state index contributed by atoms with van der Waals surface area (Å²) in [5.41, 5.74) is 9.86. The van der Waals surface area contributed by atoms with E-state index >= 15 is 0 Å². The normalized spacial score (nSPS) is 15.7. The number of hydrogen-bond donors (Lipinski definition) is 2. The maximum atomic E-state index is 10.8. The topological polar surface area (TPSA) is 108 Å². The van der Waals surface area contributed by atoms with Gasteiger partial charge in [0.25, 0.3) is 0 Å². The van der Waals surface area contributed by atoms with Gasteiger partial charge in [-0.1, -0.05) is 106 Å². The average Bonchev–Trinajstić information content (AvgIpc) is 3.56. The van der Waals surface area contributed by atoms with E-state index in [-0.39, 0.29) is 5.97 Å². The quantitative estimate of drug-likeness (QED) is 0.0544. The number of thiazole rings is 1. The molecule has 1 aromatic heterocycles. The Morgan fingerprint density at radius 3 is 2.19 bits per heavy atom. The van der Waals surface area contributed by atoms with Crippen LogP contribution in [0.5, 0.6) is 11.5 Å². The summed E-state index contributed by atoms with van der Waals surface area (Å²) in [5, 5.41) is 8.12. The zero-order chi connectivity index (χ0) is 38.1. The number of nitrogen functional groups attached to an aromatic ring is 1. The zero-order valence-corrected chi connectivity index (χ0v) is 32.8. The number of nitrogens with two attached hydrogens (primary N) is 1. The number of methoxy groups -OCH3 is 1. The molecule has 3 aromatic carbocycles. The fraction of sp³-hybridized carbons (Fsp3) is 0.444. The van der Waals surface area contributed by atoms with Crippen LogP contribution >= 0.6 is 11.3 Å². The molecule has 2 aliphatic carbocycles. The van der Waals surface area contributed by atoms with Crippen molar-refractivity contribution in [1.29, 1.82) is 5.41 Å². The van der Waals surface area contributed by atoms with Crippen LogP contribution in [0.25, 0.3) is 16.3 Å². The molecule has 0 unspecified atom stereocenters. The number of carbonyl (C=O) groups excluding carboxylic acids is 1. The first kappa shape index (κ1) is 43.0. The highest BCUT2D eigenvalue weighted by atomic mass is 32.1. The number of anilines is 1. The number of ether oxygens (including phenoxy) is 3. The van der Waals surface area contributed by atoms with Gasteiger partial charge in [0.05, 0.1) is 30.5 Å². The Kier molecular flexibility index (Phi) is 20.7. The Hall–Kier alpha value is -4.43. The minimum atomic E-state index is -0.351. The third-order valence-corrected chi connectivity index (χ3v) is 10.4. The summed E-state index contributed by atoms with van der Waals surface area (Å²) < 4.78 is 17.0. The lowest BCUT2D eigenvalue weighted by Gasteiger charge is -2.29. The van der Waals surface area contributed by atoms with Crippen molar-refractivity contribution < 1.29 is 19.0 Å². The Morgan fingerprint density at radius 2 is 1.60 bits per heavy atom. The molecule has 2 fully saturated rings. The number of unbranched alkanes of at least 4 members (excludes halogenated alkanes) is 3. The van der Waals surface area contributed by atoms with Gasteiger partial charge in [-0.2, -0.15) is 0 Å². The SMILES string of the molecule is C1CCC1.C=CC(=O)OCCCCCCOc1ccc(C=C)cc1.CCCC1CCC(c2ccc(OC)c(C=N)c2)CC1.Nc1nc2ccccc2s1. The van der Waals surface area contributed by atoms with E-state index in [4.69, 9.17) is 25.4 Å². The molecule has 2 saturated carbocycles. The van der Waals surface area contributed by atoms with Crippen LogP contribution in [-0.4, -0.2) is 37.5 Å². The van der Waals surface area contributed by atoms with Gasteiger partial charge >= 0.3 is 5.97 Å². The van der Waals surface area contributed by atoms with E-state index in [9.17, 15) is 4.79 Å². The zero-order valence-electron chi connectivity index (χ0n) is 32.0. The molecule has 0 aliphatic heterocycles. The van der Waals surface area contributed by atoms with E-state index in [1.165, 1.54) is 93.4 Å². The molecule has 6 rings (SSSR count). The number of nitrogens with zero attached hydrogens (tertiary/aromatic N) is 1. The second-order valence-electron chi connectivity index (χ2n) is 13.5. The second-order valence-corrected chi connectivity index (χ2v) is 14.6. The highest BCUT2D eigenvalue weighted by Crippen LogP contribution is 2.38. The van der Waals surface area contributed by atoms with Gasteiger partial charge in [-0.25, -0.2) is 9.78 Å². The number of para-hydroxylation sites is 1. The van der Waals surface area contributed by atoms with E-state index in [2.05, 4.69) is 37.2 Å². The molecule has 4 aromatic rings. The molecule has 2 aliphatic rings. The Morgan fingerprint density at radius 1 is 0.925 bits per heavy atom. The van der Waals surface area contributed by atoms with Gasteiger partial charge < -0.3 is 25.4 Å². The number of nitrogens with one attached hydrogen (secondary N) is 1. The molecule has 0 saturated heterocycles. The van der Waals surface area contributed by atoms with Crippen LogP contribution in [0.3, 0.4) is 0 Å². The van der Waals surface area contributed by atoms with Crippen molar-refractivity contribution in [2.24, 2.45) is 5.92 Å². The molecule has 7 nitrogen and oxygen atoms in total. The predicted molar refractivity (Wildman–Crippen MR) is 225 cm³/mol. The molecular formula is C45H61N3O4S. The summed E-state index contributed by atoms with van der Waals surface area (Å²) >= 11 is 1.52. The fourth-order valence-corrected chi connectivity index (χ4v) is 6.87. The van der Waals surface area contributed by atoms with Gasteiger partial charge in [0.2, 0.25) is 0 Å². The maximum absolute atomic E-state index is 10.8. The van der Waals surface area contributed by atoms with Gasteiger partial charge in [-0.05, 0) is 111 Å². The van der Waals surface area contributed by atoms with Crippen molar-refractivity contribution >= 4 is 44.9 Å². The van der Waals surface area contributed by atoms with Crippen molar-refractivity contribution in [3.8, 4) is 11.5 Å². The molecule has 53 heavy (non-hydrogen) atoms. The minimum absolute atomic E-state index is 0.351. The summed E-state index contributed by atoms with van der Waals surface area (Å²) in [7, 11) is 1.66. The number of benzene rings is 3. The second kappa shape index (κ2) is 25.5. The van der Waals surface area contributed by atoms with Gasteiger partial charge in [0, 0.05) is 17.9 Å². The number of carbonyl (C=O) groups is 1. The maximum Gasteiger partial charge on any atom is 0.330 e. The highest BCUT2D eigenvalue weighted by molar-refractivity contribution is 7.22. The Balaban J connectivity index is 0.000000211. The Bertz CT molecular complexity index is 1600. The summed E-state index contributed by atoms with van der Waals surface area (Å²) in [5.74, 6) is 2.96. The first-order valence-electron chi connectivity index (χ1n) is 19.3. The van der Waals surface area contributed by atoms with Gasteiger partial charge in [0.1, 0.15) is 11.5 Å². The molecular weight excluding hydrogens is 679 g/mol. The number of esters is 1. The predicted octanol–water partition coefficient (Wildman–Crippen LogP) is 12.2. The summed E-state index contributed by atoms with van der Waals surface area (Å²) in [6, 6.07) is 22.1. The molecule has 286 valence electrons. The van der Waals surface area contributed by atoms with Crippen molar-refractivity contribution in [3.63, 3.8) is 0 Å². The van der Waals surface area contributed by atoms with E-state index < -0.39 is 0 Å². The standard InChI is InChI=1S/C17H25NO.C17H22O3.C7H6N2S.C4H8/c1-3-4-13-5-7-14(8-6-13)15-9-10-17(19-2)16(11-15)12-18;1-3-15-9-11-16(12-10-15)19-13-7-5-6-8-14-20-17(18)4-2;8-7-9-5-3-1-2-4-6(5)10-7;1-2-4-3-1/h9-14,18H,3-8H2,1-2H3;3-4,9-12H,1-2,5-8,13-14H2;1-4H,(H2,8,9);1-4H2. The molecule has 0 atom stereocenters. The largest absolute Gasteiger partial charge is 0.496 e. The molecule has 3 N–H and O–H groups in total. The molecule has 0 spiro atoms. The average molecular weight is 740 g/mol. The van der Waals surface area contributed by atoms with Crippen LogP contribution in [0.15, 0.2) is 86.0 Å². The first-order chi connectivity index (χ1) is 25.9. The van der Waals surface area contributed by atoms with E-state index in [0.717, 1.165) is 64.4 Å².